The minimum absolute atomic E-state index is 0.126. The van der Waals surface area contributed by atoms with E-state index in [4.69, 9.17) is 4.52 Å². The molecule has 2 saturated heterocycles. The summed E-state index contributed by atoms with van der Waals surface area (Å²) in [6.07, 6.45) is 2.51. The average molecular weight is 424 g/mol. The van der Waals surface area contributed by atoms with Crippen LogP contribution in [0.5, 0.6) is 5.75 Å². The number of hydrogen-bond donors (Lipinski definition) is 2. The zero-order valence-corrected chi connectivity index (χ0v) is 17.3. The topological polar surface area (TPSA) is 81.8 Å². The summed E-state index contributed by atoms with van der Waals surface area (Å²) in [5.74, 6) is 0.0673. The van der Waals surface area contributed by atoms with Gasteiger partial charge in [0, 0.05) is 36.1 Å². The van der Waals surface area contributed by atoms with Crippen molar-refractivity contribution in [1.82, 2.24) is 15.4 Å². The fourth-order valence-electron chi connectivity index (χ4n) is 5.08. The molecular weight excluding hydrogens is 399 g/mol. The Morgan fingerprint density at radius 3 is 2.68 bits per heavy atom. The number of aromatic nitrogens is 1. The molecule has 0 saturated carbocycles. The predicted molar refractivity (Wildman–Crippen MR) is 115 cm³/mol. The van der Waals surface area contributed by atoms with Crippen molar-refractivity contribution in [2.75, 3.05) is 24.5 Å². The molecule has 0 spiro atoms. The molecule has 31 heavy (non-hydrogen) atoms. The van der Waals surface area contributed by atoms with Crippen LogP contribution in [0.4, 0.5) is 14.9 Å². The van der Waals surface area contributed by atoms with E-state index in [0.717, 1.165) is 49.1 Å². The zero-order chi connectivity index (χ0) is 21.6. The number of aromatic hydroxyl groups is 1. The molecule has 0 bridgehead atoms. The Bertz CT molecular complexity index is 1110. The van der Waals surface area contributed by atoms with Gasteiger partial charge in [0.1, 0.15) is 17.2 Å². The number of phenolic OH excluding ortho intramolecular Hbond substituents is 1. The summed E-state index contributed by atoms with van der Waals surface area (Å²) >= 11 is 0. The molecular formula is C23H25FN4O3. The number of carbonyl (C=O) groups is 1. The second kappa shape index (κ2) is 7.53. The molecule has 3 heterocycles. The van der Waals surface area contributed by atoms with E-state index in [-0.39, 0.29) is 23.5 Å². The molecule has 7 nitrogen and oxygen atoms in total. The molecule has 0 radical (unpaired) electrons. The summed E-state index contributed by atoms with van der Waals surface area (Å²) in [6.45, 7) is 4.24. The third kappa shape index (κ3) is 3.22. The van der Waals surface area contributed by atoms with Gasteiger partial charge in [0.05, 0.1) is 12.2 Å². The highest BCUT2D eigenvalue weighted by Crippen LogP contribution is 2.39. The summed E-state index contributed by atoms with van der Waals surface area (Å²) in [5.41, 5.74) is 1.66. The van der Waals surface area contributed by atoms with Crippen molar-refractivity contribution in [3.63, 3.8) is 0 Å². The smallest absolute Gasteiger partial charge is 0.323 e. The Kier molecular flexibility index (Phi) is 4.81. The number of rotatable bonds is 4. The number of benzene rings is 2. The van der Waals surface area contributed by atoms with Crippen molar-refractivity contribution >= 4 is 22.7 Å². The van der Waals surface area contributed by atoms with E-state index < -0.39 is 5.66 Å². The number of urea groups is 1. The number of hydrogen-bond acceptors (Lipinski definition) is 5. The number of likely N-dealkylation sites (tertiary alicyclic amines) is 1. The van der Waals surface area contributed by atoms with E-state index in [1.54, 1.807) is 30.3 Å². The maximum atomic E-state index is 13.5. The highest BCUT2D eigenvalue weighted by molar-refractivity contribution is 5.96. The molecule has 2 N–H and O–H groups in total. The first-order valence-corrected chi connectivity index (χ1v) is 10.7. The van der Waals surface area contributed by atoms with Gasteiger partial charge in [-0.1, -0.05) is 12.1 Å². The molecule has 1 aromatic heterocycles. The predicted octanol–water partition coefficient (Wildman–Crippen LogP) is 4.19. The van der Waals surface area contributed by atoms with Crippen molar-refractivity contribution in [3.8, 4) is 5.75 Å². The normalized spacial score (nSPS) is 22.9. The Morgan fingerprint density at radius 2 is 1.97 bits per heavy atom. The van der Waals surface area contributed by atoms with Crippen LogP contribution in [0.25, 0.3) is 11.0 Å². The first-order chi connectivity index (χ1) is 15.0. The number of carbonyl (C=O) groups excluding carboxylic acids is 1. The van der Waals surface area contributed by atoms with Crippen molar-refractivity contribution < 1.29 is 18.8 Å². The van der Waals surface area contributed by atoms with Crippen molar-refractivity contribution in [2.45, 2.75) is 37.8 Å². The van der Waals surface area contributed by atoms with Crippen LogP contribution < -0.4 is 10.2 Å². The van der Waals surface area contributed by atoms with Gasteiger partial charge >= 0.3 is 6.03 Å². The van der Waals surface area contributed by atoms with Crippen LogP contribution in [-0.4, -0.2) is 46.5 Å². The Morgan fingerprint density at radius 1 is 1.23 bits per heavy atom. The van der Waals surface area contributed by atoms with Crippen LogP contribution in [-0.2, 0) is 0 Å². The largest absolute Gasteiger partial charge is 0.508 e. The van der Waals surface area contributed by atoms with E-state index in [0.29, 0.717) is 12.1 Å². The molecule has 0 aliphatic carbocycles. The second-order valence-corrected chi connectivity index (χ2v) is 8.32. The van der Waals surface area contributed by atoms with Gasteiger partial charge in [-0.05, 0) is 55.7 Å². The van der Waals surface area contributed by atoms with Crippen molar-refractivity contribution in [2.24, 2.45) is 0 Å². The number of piperidine rings is 1. The van der Waals surface area contributed by atoms with Gasteiger partial charge in [-0.3, -0.25) is 9.80 Å². The number of phenols is 1. The van der Waals surface area contributed by atoms with Crippen LogP contribution >= 0.6 is 0 Å². The summed E-state index contributed by atoms with van der Waals surface area (Å²) in [5, 5.41) is 17.8. The Balaban J connectivity index is 1.39. The standard InChI is InChI=1S/C23H25FN4O3/c1-2-23(14-25-22(30)28(23)17-4-6-18(29)7-5-17)27-11-9-15(10-12-27)21-19-8-3-16(24)13-20(19)31-26-21/h3-8,13,15,29H,2,9-12,14H2,1H3,(H,25,30). The fourth-order valence-corrected chi connectivity index (χ4v) is 5.08. The molecule has 2 aromatic carbocycles. The number of anilines is 1. The summed E-state index contributed by atoms with van der Waals surface area (Å²) in [4.78, 5) is 17.0. The minimum atomic E-state index is -0.464. The second-order valence-electron chi connectivity index (χ2n) is 8.32. The van der Waals surface area contributed by atoms with Gasteiger partial charge in [-0.2, -0.15) is 0 Å². The minimum Gasteiger partial charge on any atom is -0.508 e. The zero-order valence-electron chi connectivity index (χ0n) is 17.3. The molecule has 5 rings (SSSR count). The van der Waals surface area contributed by atoms with Crippen LogP contribution in [0.15, 0.2) is 47.0 Å². The maximum Gasteiger partial charge on any atom is 0.323 e. The third-order valence-corrected chi connectivity index (χ3v) is 6.75. The van der Waals surface area contributed by atoms with E-state index in [1.165, 1.54) is 12.1 Å². The van der Waals surface area contributed by atoms with Gasteiger partial charge < -0.3 is 14.9 Å². The molecule has 2 fully saturated rings. The lowest BCUT2D eigenvalue weighted by atomic mass is 9.89. The lowest BCUT2D eigenvalue weighted by Gasteiger charge is -2.48. The van der Waals surface area contributed by atoms with E-state index in [1.807, 2.05) is 4.90 Å². The summed E-state index contributed by atoms with van der Waals surface area (Å²) in [7, 11) is 0. The van der Waals surface area contributed by atoms with Crippen molar-refractivity contribution in [1.29, 1.82) is 0 Å². The first kappa shape index (κ1) is 19.8. The fraction of sp³-hybridized carbons (Fsp3) is 0.391. The van der Waals surface area contributed by atoms with Gasteiger partial charge in [-0.15, -0.1) is 0 Å². The SMILES string of the molecule is CCC1(N2CCC(c3noc4cc(F)ccc34)CC2)CNC(=O)N1c1ccc(O)cc1. The highest BCUT2D eigenvalue weighted by atomic mass is 19.1. The van der Waals surface area contributed by atoms with E-state index in [2.05, 4.69) is 22.3 Å². The number of nitrogens with one attached hydrogen (secondary N) is 1. The Labute approximate surface area is 179 Å². The molecule has 2 aliphatic heterocycles. The molecule has 1 atom stereocenters. The molecule has 3 aromatic rings. The maximum absolute atomic E-state index is 13.5. The van der Waals surface area contributed by atoms with Gasteiger partial charge in [-0.25, -0.2) is 9.18 Å². The molecule has 2 amide bonds. The van der Waals surface area contributed by atoms with Crippen LogP contribution in [0.3, 0.4) is 0 Å². The third-order valence-electron chi connectivity index (χ3n) is 6.75. The Hall–Kier alpha value is -3.13. The lowest BCUT2D eigenvalue weighted by Crippen LogP contribution is -2.61. The summed E-state index contributed by atoms with van der Waals surface area (Å²) in [6, 6.07) is 11.2. The van der Waals surface area contributed by atoms with Gasteiger partial charge in [0.2, 0.25) is 0 Å². The molecule has 1 unspecified atom stereocenters. The first-order valence-electron chi connectivity index (χ1n) is 10.7. The highest BCUT2D eigenvalue weighted by Gasteiger charge is 2.50. The van der Waals surface area contributed by atoms with Crippen LogP contribution in [0, 0.1) is 5.82 Å². The lowest BCUT2D eigenvalue weighted by molar-refractivity contribution is 0.0731. The average Bonchev–Trinajstić information content (AvgIpc) is 3.35. The monoisotopic (exact) mass is 424 g/mol. The van der Waals surface area contributed by atoms with E-state index >= 15 is 0 Å². The van der Waals surface area contributed by atoms with Crippen molar-refractivity contribution in [3.05, 3.63) is 54.0 Å². The number of halogens is 1. The quantitative estimate of drug-likeness (QED) is 0.656. The number of fused-ring (bicyclic) bond motifs is 1. The van der Waals surface area contributed by atoms with Gasteiger partial charge in [0.25, 0.3) is 0 Å². The van der Waals surface area contributed by atoms with E-state index in [9.17, 15) is 14.3 Å². The molecule has 162 valence electrons. The van der Waals surface area contributed by atoms with Crippen LogP contribution in [0.1, 0.15) is 37.8 Å². The van der Waals surface area contributed by atoms with Gasteiger partial charge in [0.15, 0.2) is 5.58 Å². The number of amides is 2. The molecule has 8 heteroatoms. The summed E-state index contributed by atoms with van der Waals surface area (Å²) < 4.78 is 18.8. The van der Waals surface area contributed by atoms with Crippen LogP contribution in [0.2, 0.25) is 0 Å². The number of nitrogens with zero attached hydrogens (tertiary/aromatic N) is 3. The molecule has 2 aliphatic rings.